The van der Waals surface area contributed by atoms with E-state index in [4.69, 9.17) is 9.97 Å². The summed E-state index contributed by atoms with van der Waals surface area (Å²) in [5, 5.41) is 3.54. The van der Waals surface area contributed by atoms with E-state index >= 15 is 0 Å². The predicted molar refractivity (Wildman–Crippen MR) is 164 cm³/mol. The third kappa shape index (κ3) is 9.01. The maximum absolute atomic E-state index is 11.7. The fraction of sp³-hybridized carbons (Fsp3) is 0.367. The van der Waals surface area contributed by atoms with Gasteiger partial charge in [0.25, 0.3) is 0 Å². The van der Waals surface area contributed by atoms with Gasteiger partial charge in [0.05, 0.1) is 6.26 Å². The van der Waals surface area contributed by atoms with Crippen molar-refractivity contribution in [2.45, 2.75) is 32.2 Å². The zero-order valence-corrected chi connectivity index (χ0v) is 24.4. The van der Waals surface area contributed by atoms with Crippen LogP contribution < -0.4 is 10.0 Å². The molecule has 0 spiro atoms. The van der Waals surface area contributed by atoms with Crippen molar-refractivity contribution < 1.29 is 8.42 Å². The van der Waals surface area contributed by atoms with Gasteiger partial charge in [-0.3, -0.25) is 4.99 Å². The standard InChI is InChI=1S/C30H40N6O2S/c1-8-23(20-36(5)6)24-10-9-11-25(16-24)29-33-19-28(26(18-31-4)14-21(2)3)30(34-29)32-17-22-12-13-27(15-22)35-39(7,37)38/h8-11,14,16,18-20,22,27,35H,1-2,12-13,15,17H2,3-7H3,(H,32,33,34)/b23-20+,26-14+,31-18?/t22?,27-/m0/s1. The number of nitrogens with one attached hydrogen (secondary N) is 2. The Morgan fingerprint density at radius 3 is 2.67 bits per heavy atom. The molecular weight excluding hydrogens is 508 g/mol. The van der Waals surface area contributed by atoms with Gasteiger partial charge in [0, 0.05) is 69.0 Å². The minimum Gasteiger partial charge on any atom is -0.383 e. The number of hydrogen-bond donors (Lipinski definition) is 2. The summed E-state index contributed by atoms with van der Waals surface area (Å²) in [6.07, 6.45) is 13.2. The summed E-state index contributed by atoms with van der Waals surface area (Å²) < 4.78 is 26.1. The summed E-state index contributed by atoms with van der Waals surface area (Å²) in [4.78, 5) is 15.9. The molecule has 3 rings (SSSR count). The van der Waals surface area contributed by atoms with Gasteiger partial charge in [-0.05, 0) is 49.3 Å². The lowest BCUT2D eigenvalue weighted by molar-refractivity contribution is 0.533. The molecule has 39 heavy (non-hydrogen) atoms. The summed E-state index contributed by atoms with van der Waals surface area (Å²) in [6.45, 7) is 10.6. The molecule has 8 nitrogen and oxygen atoms in total. The Hall–Kier alpha value is -3.56. The molecule has 1 saturated carbocycles. The van der Waals surface area contributed by atoms with Crippen LogP contribution in [0.5, 0.6) is 0 Å². The molecule has 0 radical (unpaired) electrons. The fourth-order valence-corrected chi connectivity index (χ4v) is 5.55. The Kier molecular flexibility index (Phi) is 10.4. The quantitative estimate of drug-likeness (QED) is 0.285. The first kappa shape index (κ1) is 30.0. The van der Waals surface area contributed by atoms with Gasteiger partial charge < -0.3 is 10.2 Å². The maximum atomic E-state index is 11.7. The van der Waals surface area contributed by atoms with Gasteiger partial charge in [-0.15, -0.1) is 0 Å². The number of benzene rings is 1. The molecule has 9 heteroatoms. The second-order valence-electron chi connectivity index (χ2n) is 10.3. The van der Waals surface area contributed by atoms with Crippen molar-refractivity contribution in [3.8, 4) is 11.4 Å². The first-order chi connectivity index (χ1) is 18.5. The Bertz CT molecular complexity index is 1390. The molecule has 1 heterocycles. The van der Waals surface area contributed by atoms with Gasteiger partial charge in [0.1, 0.15) is 5.82 Å². The maximum Gasteiger partial charge on any atom is 0.208 e. The van der Waals surface area contributed by atoms with Crippen LogP contribution in [-0.4, -0.2) is 69.5 Å². The molecule has 2 atom stereocenters. The number of aliphatic imine (C=N–C) groups is 1. The molecule has 1 aliphatic carbocycles. The summed E-state index contributed by atoms with van der Waals surface area (Å²) in [5.41, 5.74) is 5.49. The molecule has 208 valence electrons. The van der Waals surface area contributed by atoms with Crippen LogP contribution in [-0.2, 0) is 10.0 Å². The highest BCUT2D eigenvalue weighted by atomic mass is 32.2. The van der Waals surface area contributed by atoms with Gasteiger partial charge in [-0.2, -0.15) is 0 Å². The molecule has 1 aromatic heterocycles. The monoisotopic (exact) mass is 548 g/mol. The van der Waals surface area contributed by atoms with E-state index in [1.165, 1.54) is 6.26 Å². The average Bonchev–Trinajstić information content (AvgIpc) is 3.31. The van der Waals surface area contributed by atoms with Crippen LogP contribution in [0.1, 0.15) is 37.3 Å². The second kappa shape index (κ2) is 13.5. The third-order valence-electron chi connectivity index (χ3n) is 6.32. The molecule has 1 aliphatic rings. The van der Waals surface area contributed by atoms with Crippen molar-refractivity contribution in [2.75, 3.05) is 39.3 Å². The summed E-state index contributed by atoms with van der Waals surface area (Å²) in [5.74, 6) is 1.62. The lowest BCUT2D eigenvalue weighted by Crippen LogP contribution is -2.32. The Balaban J connectivity index is 1.97. The van der Waals surface area contributed by atoms with Crippen LogP contribution in [0.4, 0.5) is 5.82 Å². The first-order valence-corrected chi connectivity index (χ1v) is 14.9. The molecule has 0 amide bonds. The van der Waals surface area contributed by atoms with Crippen LogP contribution in [0, 0.1) is 5.92 Å². The first-order valence-electron chi connectivity index (χ1n) is 13.0. The van der Waals surface area contributed by atoms with Gasteiger partial charge in [0.15, 0.2) is 5.82 Å². The largest absolute Gasteiger partial charge is 0.383 e. The average molecular weight is 549 g/mol. The van der Waals surface area contributed by atoms with Crippen LogP contribution in [0.3, 0.4) is 0 Å². The summed E-state index contributed by atoms with van der Waals surface area (Å²) in [6, 6.07) is 8.06. The van der Waals surface area contributed by atoms with Crippen molar-refractivity contribution in [1.82, 2.24) is 19.6 Å². The van der Waals surface area contributed by atoms with Crippen molar-refractivity contribution in [1.29, 1.82) is 0 Å². The highest BCUT2D eigenvalue weighted by Gasteiger charge is 2.27. The molecule has 1 aromatic carbocycles. The van der Waals surface area contributed by atoms with E-state index in [2.05, 4.69) is 34.3 Å². The molecule has 2 aromatic rings. The van der Waals surface area contributed by atoms with Crippen molar-refractivity contribution in [2.24, 2.45) is 10.9 Å². The van der Waals surface area contributed by atoms with Crippen molar-refractivity contribution >= 4 is 33.2 Å². The number of nitrogens with zero attached hydrogens (tertiary/aromatic N) is 4. The smallest absolute Gasteiger partial charge is 0.208 e. The van der Waals surface area contributed by atoms with Gasteiger partial charge in [-0.25, -0.2) is 23.1 Å². The van der Waals surface area contributed by atoms with E-state index in [0.29, 0.717) is 24.1 Å². The van der Waals surface area contributed by atoms with Crippen LogP contribution >= 0.6 is 0 Å². The lowest BCUT2D eigenvalue weighted by atomic mass is 10.0. The van der Waals surface area contributed by atoms with Crippen molar-refractivity contribution in [3.05, 3.63) is 78.7 Å². The van der Waals surface area contributed by atoms with E-state index in [9.17, 15) is 8.42 Å². The summed E-state index contributed by atoms with van der Waals surface area (Å²) >= 11 is 0. The predicted octanol–water partition coefficient (Wildman–Crippen LogP) is 5.02. The van der Waals surface area contributed by atoms with Gasteiger partial charge in [-0.1, -0.05) is 49.1 Å². The Morgan fingerprint density at radius 2 is 2.03 bits per heavy atom. The topological polar surface area (TPSA) is 99.6 Å². The highest BCUT2D eigenvalue weighted by molar-refractivity contribution is 7.88. The number of hydrogen-bond acceptors (Lipinski definition) is 7. The zero-order valence-electron chi connectivity index (χ0n) is 23.6. The lowest BCUT2D eigenvalue weighted by Gasteiger charge is -2.17. The van der Waals surface area contributed by atoms with E-state index in [-0.39, 0.29) is 6.04 Å². The SMILES string of the molecule is C=C/C(=C\N(C)C)c1cccc(-c2ncc(/C(C=NC)=C/C(=C)C)c(NCC3CC[C@H](NS(C)(=O)=O)C3)n2)c1. The number of rotatable bonds is 12. The fourth-order valence-electron chi connectivity index (χ4n) is 4.73. The number of allylic oxidation sites excluding steroid dienone is 5. The third-order valence-corrected chi connectivity index (χ3v) is 7.08. The van der Waals surface area contributed by atoms with Crippen molar-refractivity contribution in [3.63, 3.8) is 0 Å². The van der Waals surface area contributed by atoms with E-state index in [0.717, 1.165) is 52.7 Å². The minimum absolute atomic E-state index is 0.0321. The minimum atomic E-state index is -3.22. The summed E-state index contributed by atoms with van der Waals surface area (Å²) in [7, 11) is 2.46. The Labute approximate surface area is 233 Å². The van der Waals surface area contributed by atoms with Crippen LogP contribution in [0.2, 0.25) is 0 Å². The van der Waals surface area contributed by atoms with Crippen LogP contribution in [0.25, 0.3) is 22.5 Å². The van der Waals surface area contributed by atoms with E-state index in [1.54, 1.807) is 13.3 Å². The number of anilines is 1. The second-order valence-corrected chi connectivity index (χ2v) is 12.0. The number of sulfonamides is 1. The van der Waals surface area contributed by atoms with Gasteiger partial charge in [0.2, 0.25) is 10.0 Å². The zero-order chi connectivity index (χ0) is 28.6. The molecular formula is C30H40N6O2S. The molecule has 1 fully saturated rings. The molecule has 0 aliphatic heterocycles. The van der Waals surface area contributed by atoms with Gasteiger partial charge >= 0.3 is 0 Å². The highest BCUT2D eigenvalue weighted by Crippen LogP contribution is 2.30. The number of aromatic nitrogens is 2. The van der Waals surface area contributed by atoms with Crippen LogP contribution in [0.15, 0.2) is 72.5 Å². The van der Waals surface area contributed by atoms with E-state index in [1.807, 2.05) is 68.7 Å². The van der Waals surface area contributed by atoms with E-state index < -0.39 is 10.0 Å². The molecule has 2 N–H and O–H groups in total. The molecule has 0 saturated heterocycles. The molecule has 0 bridgehead atoms. The normalized spacial score (nSPS) is 18.4. The molecule has 1 unspecified atom stereocenters. The Morgan fingerprint density at radius 1 is 1.26 bits per heavy atom.